The molecule has 0 spiro atoms. The summed E-state index contributed by atoms with van der Waals surface area (Å²) in [5.74, 6) is 0.186. The van der Waals surface area contributed by atoms with Crippen LogP contribution in [0.3, 0.4) is 0 Å². The normalized spacial score (nSPS) is 11.9. The van der Waals surface area contributed by atoms with Crippen LogP contribution in [0.25, 0.3) is 0 Å². The first kappa shape index (κ1) is 14.0. The Bertz CT molecular complexity index is 591. The summed E-state index contributed by atoms with van der Waals surface area (Å²) in [7, 11) is 0. The van der Waals surface area contributed by atoms with Crippen LogP contribution in [0.5, 0.6) is 5.75 Å². The highest BCUT2D eigenvalue weighted by molar-refractivity contribution is 5.84. The van der Waals surface area contributed by atoms with E-state index in [4.69, 9.17) is 14.3 Å². The van der Waals surface area contributed by atoms with Crippen LogP contribution in [-0.4, -0.2) is 17.7 Å². The van der Waals surface area contributed by atoms with Crippen LogP contribution in [0.15, 0.2) is 40.8 Å². The van der Waals surface area contributed by atoms with E-state index in [0.717, 1.165) is 11.4 Å². The molecule has 1 unspecified atom stereocenters. The van der Waals surface area contributed by atoms with Crippen molar-refractivity contribution in [3.8, 4) is 5.75 Å². The first-order chi connectivity index (χ1) is 9.61. The number of anilines is 1. The van der Waals surface area contributed by atoms with Gasteiger partial charge in [0.2, 0.25) is 5.76 Å². The average Bonchev–Trinajstić information content (AvgIpc) is 2.91. The molecule has 0 aliphatic rings. The van der Waals surface area contributed by atoms with E-state index < -0.39 is 5.97 Å². The predicted molar refractivity (Wildman–Crippen MR) is 75.3 cm³/mol. The summed E-state index contributed by atoms with van der Waals surface area (Å²) in [6.45, 7) is 4.40. The average molecular weight is 275 g/mol. The Labute approximate surface area is 117 Å². The molecule has 1 atom stereocenters. The first-order valence-electron chi connectivity index (χ1n) is 6.43. The van der Waals surface area contributed by atoms with E-state index in [2.05, 4.69) is 5.32 Å². The number of rotatable bonds is 6. The Morgan fingerprint density at radius 1 is 1.35 bits per heavy atom. The summed E-state index contributed by atoms with van der Waals surface area (Å²) < 4.78 is 10.8. The SMILES string of the molecule is CCOc1ccccc1NC(C)c1ccc(C(=O)O)o1. The minimum atomic E-state index is -1.07. The fourth-order valence-corrected chi connectivity index (χ4v) is 1.87. The molecule has 2 rings (SSSR count). The summed E-state index contributed by atoms with van der Waals surface area (Å²) >= 11 is 0. The van der Waals surface area contributed by atoms with Crippen molar-refractivity contribution in [2.75, 3.05) is 11.9 Å². The van der Waals surface area contributed by atoms with Crippen molar-refractivity contribution in [1.29, 1.82) is 0 Å². The lowest BCUT2D eigenvalue weighted by molar-refractivity contribution is 0.0660. The number of benzene rings is 1. The van der Waals surface area contributed by atoms with Crippen LogP contribution in [0.1, 0.15) is 36.2 Å². The number of carboxylic acids is 1. The molecule has 5 nitrogen and oxygen atoms in total. The summed E-state index contributed by atoms with van der Waals surface area (Å²) in [5, 5.41) is 12.1. The van der Waals surface area contributed by atoms with Gasteiger partial charge in [-0.25, -0.2) is 4.79 Å². The van der Waals surface area contributed by atoms with Crippen molar-refractivity contribution < 1.29 is 19.1 Å². The van der Waals surface area contributed by atoms with Gasteiger partial charge in [-0.15, -0.1) is 0 Å². The van der Waals surface area contributed by atoms with Crippen LogP contribution in [-0.2, 0) is 0 Å². The molecule has 0 saturated heterocycles. The van der Waals surface area contributed by atoms with Crippen LogP contribution >= 0.6 is 0 Å². The molecule has 5 heteroatoms. The highest BCUT2D eigenvalue weighted by Crippen LogP contribution is 2.28. The third kappa shape index (κ3) is 3.12. The summed E-state index contributed by atoms with van der Waals surface area (Å²) in [4.78, 5) is 10.8. The monoisotopic (exact) mass is 275 g/mol. The Morgan fingerprint density at radius 2 is 2.10 bits per heavy atom. The van der Waals surface area contributed by atoms with E-state index in [1.807, 2.05) is 38.1 Å². The van der Waals surface area contributed by atoms with Gasteiger partial charge in [-0.05, 0) is 38.1 Å². The fraction of sp³-hybridized carbons (Fsp3) is 0.267. The Balaban J connectivity index is 2.14. The molecule has 0 fully saturated rings. The van der Waals surface area contributed by atoms with Crippen LogP contribution in [0.2, 0.25) is 0 Å². The minimum absolute atomic E-state index is 0.0632. The van der Waals surface area contributed by atoms with E-state index in [-0.39, 0.29) is 11.8 Å². The smallest absolute Gasteiger partial charge is 0.371 e. The van der Waals surface area contributed by atoms with Crippen LogP contribution < -0.4 is 10.1 Å². The van der Waals surface area contributed by atoms with Gasteiger partial charge in [-0.2, -0.15) is 0 Å². The highest BCUT2D eigenvalue weighted by atomic mass is 16.5. The molecule has 20 heavy (non-hydrogen) atoms. The molecular formula is C15H17NO4. The molecule has 2 N–H and O–H groups in total. The molecule has 1 aromatic carbocycles. The van der Waals surface area contributed by atoms with Crippen molar-refractivity contribution in [1.82, 2.24) is 0 Å². The van der Waals surface area contributed by atoms with E-state index in [1.165, 1.54) is 6.07 Å². The predicted octanol–water partition coefficient (Wildman–Crippen LogP) is 3.55. The van der Waals surface area contributed by atoms with Gasteiger partial charge in [-0.3, -0.25) is 0 Å². The number of hydrogen-bond acceptors (Lipinski definition) is 4. The molecule has 1 heterocycles. The van der Waals surface area contributed by atoms with Crippen molar-refractivity contribution >= 4 is 11.7 Å². The molecule has 2 aromatic rings. The number of carbonyl (C=O) groups is 1. The molecular weight excluding hydrogens is 258 g/mol. The van der Waals surface area contributed by atoms with E-state index in [0.29, 0.717) is 12.4 Å². The van der Waals surface area contributed by atoms with E-state index >= 15 is 0 Å². The van der Waals surface area contributed by atoms with Gasteiger partial charge in [0.25, 0.3) is 0 Å². The number of nitrogens with one attached hydrogen (secondary N) is 1. The largest absolute Gasteiger partial charge is 0.492 e. The summed E-state index contributed by atoms with van der Waals surface area (Å²) in [6.07, 6.45) is 0. The van der Waals surface area contributed by atoms with Gasteiger partial charge >= 0.3 is 5.97 Å². The second kappa shape index (κ2) is 6.14. The molecule has 0 bridgehead atoms. The molecule has 0 saturated carbocycles. The minimum Gasteiger partial charge on any atom is -0.492 e. The quantitative estimate of drug-likeness (QED) is 0.843. The van der Waals surface area contributed by atoms with E-state index in [9.17, 15) is 4.79 Å². The number of carboxylic acid groups (broad SMARTS) is 1. The van der Waals surface area contributed by atoms with Crippen LogP contribution in [0, 0.1) is 0 Å². The standard InChI is InChI=1S/C15H17NO4/c1-3-19-13-7-5-4-6-11(13)16-10(2)12-8-9-14(20-12)15(17)18/h4-10,16H,3H2,1-2H3,(H,17,18). The maximum atomic E-state index is 10.8. The van der Waals surface area contributed by atoms with Gasteiger partial charge in [-0.1, -0.05) is 12.1 Å². The molecule has 0 amide bonds. The maximum absolute atomic E-state index is 10.8. The highest BCUT2D eigenvalue weighted by Gasteiger charge is 2.15. The molecule has 1 aromatic heterocycles. The maximum Gasteiger partial charge on any atom is 0.371 e. The van der Waals surface area contributed by atoms with E-state index in [1.54, 1.807) is 6.07 Å². The molecule has 106 valence electrons. The Kier molecular flexibility index (Phi) is 4.30. The van der Waals surface area contributed by atoms with Gasteiger partial charge < -0.3 is 19.6 Å². The second-order valence-corrected chi connectivity index (χ2v) is 4.30. The second-order valence-electron chi connectivity index (χ2n) is 4.30. The molecule has 0 aliphatic heterocycles. The first-order valence-corrected chi connectivity index (χ1v) is 6.43. The van der Waals surface area contributed by atoms with Gasteiger partial charge in [0.1, 0.15) is 11.5 Å². The zero-order valence-corrected chi connectivity index (χ0v) is 11.4. The number of para-hydroxylation sites is 2. The Hall–Kier alpha value is -2.43. The van der Waals surface area contributed by atoms with Gasteiger partial charge in [0.15, 0.2) is 0 Å². The van der Waals surface area contributed by atoms with Crippen molar-refractivity contribution in [3.05, 3.63) is 47.9 Å². The molecule has 0 aliphatic carbocycles. The zero-order chi connectivity index (χ0) is 14.5. The number of aromatic carboxylic acids is 1. The van der Waals surface area contributed by atoms with Crippen molar-refractivity contribution in [2.45, 2.75) is 19.9 Å². The zero-order valence-electron chi connectivity index (χ0n) is 11.4. The Morgan fingerprint density at radius 3 is 2.75 bits per heavy atom. The van der Waals surface area contributed by atoms with Crippen LogP contribution in [0.4, 0.5) is 5.69 Å². The van der Waals surface area contributed by atoms with Gasteiger partial charge in [0, 0.05) is 0 Å². The van der Waals surface area contributed by atoms with Gasteiger partial charge in [0.05, 0.1) is 18.3 Å². The molecule has 0 radical (unpaired) electrons. The van der Waals surface area contributed by atoms with Crippen molar-refractivity contribution in [3.63, 3.8) is 0 Å². The number of hydrogen-bond donors (Lipinski definition) is 2. The third-order valence-corrected chi connectivity index (χ3v) is 2.82. The lowest BCUT2D eigenvalue weighted by Gasteiger charge is -2.16. The lowest BCUT2D eigenvalue weighted by Crippen LogP contribution is -2.07. The number of furan rings is 1. The topological polar surface area (TPSA) is 71.7 Å². The summed E-state index contributed by atoms with van der Waals surface area (Å²) in [6, 6.07) is 10.5. The number of ether oxygens (including phenoxy) is 1. The van der Waals surface area contributed by atoms with Crippen molar-refractivity contribution in [2.24, 2.45) is 0 Å². The fourth-order valence-electron chi connectivity index (χ4n) is 1.87. The summed E-state index contributed by atoms with van der Waals surface area (Å²) in [5.41, 5.74) is 0.843. The lowest BCUT2D eigenvalue weighted by atomic mass is 10.2. The third-order valence-electron chi connectivity index (χ3n) is 2.82.